The summed E-state index contributed by atoms with van der Waals surface area (Å²) in [4.78, 5) is 16.7. The van der Waals surface area contributed by atoms with Crippen molar-refractivity contribution in [1.29, 1.82) is 0 Å². The molecule has 8 nitrogen and oxygen atoms in total. The topological polar surface area (TPSA) is 102 Å². The number of carbonyl (C=O) groups excluding carboxylic acids is 1. The van der Waals surface area contributed by atoms with Crippen LogP contribution in [0.25, 0.3) is 27.8 Å². The van der Waals surface area contributed by atoms with E-state index in [1.807, 2.05) is 47.2 Å². The van der Waals surface area contributed by atoms with E-state index in [-0.39, 0.29) is 12.3 Å². The largest absolute Gasteiger partial charge is 0.338 e. The number of hydrogen-bond acceptors (Lipinski definition) is 5. The Hall–Kier alpha value is -4.20. The molecule has 1 amide bonds. The number of carbonyl (C=O) groups is 1. The monoisotopic (exact) mass is 398 g/mol. The van der Waals surface area contributed by atoms with Crippen LogP contribution in [-0.4, -0.2) is 30.8 Å². The maximum atomic E-state index is 12.2. The number of fused-ring (bicyclic) bond motifs is 1. The lowest BCUT2D eigenvalue weighted by Crippen LogP contribution is -2.13. The van der Waals surface area contributed by atoms with E-state index in [9.17, 15) is 4.79 Å². The lowest BCUT2D eigenvalue weighted by molar-refractivity contribution is -0.115. The van der Waals surface area contributed by atoms with Gasteiger partial charge in [0.05, 0.1) is 29.3 Å². The lowest BCUT2D eigenvalue weighted by atomic mass is 10.1. The molecule has 3 heterocycles. The second kappa shape index (κ2) is 7.32. The number of imidazole rings is 1. The standard InChI is InChI=1S/C22H18N6O2/c1-14-8-22(30-27-14)26-21(29)9-15-2-5-18(6-3-15)28-13-23-19-10-16(4-7-20(19)28)17-11-24-25-12-17/h2-8,10-13H,9H2,1H3,(H,24,25)(H,26,29). The van der Waals surface area contributed by atoms with Crippen LogP contribution in [0.2, 0.25) is 0 Å². The molecule has 5 rings (SSSR count). The van der Waals surface area contributed by atoms with Gasteiger partial charge in [-0.05, 0) is 42.3 Å². The van der Waals surface area contributed by atoms with Crippen molar-refractivity contribution in [3.8, 4) is 16.8 Å². The first kappa shape index (κ1) is 17.9. The van der Waals surface area contributed by atoms with Gasteiger partial charge in [-0.1, -0.05) is 23.4 Å². The molecule has 148 valence electrons. The first-order valence-electron chi connectivity index (χ1n) is 9.44. The average Bonchev–Trinajstić information content (AvgIpc) is 3.49. The average molecular weight is 398 g/mol. The zero-order valence-electron chi connectivity index (χ0n) is 16.2. The fourth-order valence-electron chi connectivity index (χ4n) is 3.37. The molecule has 0 radical (unpaired) electrons. The van der Waals surface area contributed by atoms with Crippen molar-refractivity contribution in [2.24, 2.45) is 0 Å². The Bertz CT molecular complexity index is 1320. The molecular weight excluding hydrogens is 380 g/mol. The summed E-state index contributed by atoms with van der Waals surface area (Å²) in [6, 6.07) is 15.7. The van der Waals surface area contributed by atoms with Crippen molar-refractivity contribution >= 4 is 22.8 Å². The molecule has 0 aliphatic carbocycles. The molecular formula is C22H18N6O2. The summed E-state index contributed by atoms with van der Waals surface area (Å²) in [5.74, 6) is 0.201. The fourth-order valence-corrected chi connectivity index (χ4v) is 3.37. The van der Waals surface area contributed by atoms with Crippen LogP contribution in [0.1, 0.15) is 11.3 Å². The highest BCUT2D eigenvalue weighted by molar-refractivity contribution is 5.91. The molecule has 0 saturated carbocycles. The highest BCUT2D eigenvalue weighted by atomic mass is 16.5. The minimum Gasteiger partial charge on any atom is -0.338 e. The summed E-state index contributed by atoms with van der Waals surface area (Å²) in [5, 5.41) is 13.3. The number of aromatic amines is 1. The third-order valence-electron chi connectivity index (χ3n) is 4.85. The molecule has 2 N–H and O–H groups in total. The molecule has 2 aromatic carbocycles. The van der Waals surface area contributed by atoms with Gasteiger partial charge in [-0.3, -0.25) is 19.8 Å². The molecule has 0 fully saturated rings. The Balaban J connectivity index is 1.33. The van der Waals surface area contributed by atoms with E-state index in [2.05, 4.69) is 31.7 Å². The molecule has 0 aliphatic heterocycles. The quantitative estimate of drug-likeness (QED) is 0.468. The van der Waals surface area contributed by atoms with E-state index in [0.717, 1.165) is 39.1 Å². The lowest BCUT2D eigenvalue weighted by Gasteiger charge is -2.07. The Morgan fingerprint density at radius 1 is 1.13 bits per heavy atom. The Morgan fingerprint density at radius 2 is 2.00 bits per heavy atom. The van der Waals surface area contributed by atoms with E-state index in [0.29, 0.717) is 5.88 Å². The van der Waals surface area contributed by atoms with Crippen molar-refractivity contribution in [2.45, 2.75) is 13.3 Å². The number of nitrogens with one attached hydrogen (secondary N) is 2. The van der Waals surface area contributed by atoms with Gasteiger partial charge in [0.2, 0.25) is 11.8 Å². The maximum absolute atomic E-state index is 12.2. The number of nitrogens with zero attached hydrogens (tertiary/aromatic N) is 4. The van der Waals surface area contributed by atoms with Gasteiger partial charge in [0, 0.05) is 23.5 Å². The van der Waals surface area contributed by atoms with Crippen molar-refractivity contribution in [2.75, 3.05) is 5.32 Å². The molecule has 0 atom stereocenters. The molecule has 0 aliphatic rings. The molecule has 8 heteroatoms. The number of aromatic nitrogens is 5. The number of amides is 1. The number of aryl methyl sites for hydroxylation is 1. The van der Waals surface area contributed by atoms with Gasteiger partial charge in [-0.15, -0.1) is 0 Å². The number of benzene rings is 2. The SMILES string of the molecule is Cc1cc(NC(=O)Cc2ccc(-n3cnc4cc(-c5cn[nH]c5)ccc43)cc2)on1. The highest BCUT2D eigenvalue weighted by Gasteiger charge is 2.10. The van der Waals surface area contributed by atoms with Crippen LogP contribution in [0.15, 0.2) is 71.8 Å². The predicted molar refractivity (Wildman–Crippen MR) is 112 cm³/mol. The Morgan fingerprint density at radius 3 is 2.73 bits per heavy atom. The summed E-state index contributed by atoms with van der Waals surface area (Å²) in [6.07, 6.45) is 5.70. The predicted octanol–water partition coefficient (Wildman–Crippen LogP) is 3.89. The number of H-pyrrole nitrogens is 1. The van der Waals surface area contributed by atoms with Crippen molar-refractivity contribution < 1.29 is 9.32 Å². The van der Waals surface area contributed by atoms with Crippen molar-refractivity contribution in [3.63, 3.8) is 0 Å². The van der Waals surface area contributed by atoms with E-state index >= 15 is 0 Å². The van der Waals surface area contributed by atoms with Crippen molar-refractivity contribution in [3.05, 3.63) is 78.5 Å². The molecule has 0 saturated heterocycles. The number of hydrogen-bond donors (Lipinski definition) is 2. The van der Waals surface area contributed by atoms with Crippen LogP contribution in [-0.2, 0) is 11.2 Å². The van der Waals surface area contributed by atoms with Gasteiger partial charge in [0.15, 0.2) is 0 Å². The van der Waals surface area contributed by atoms with Crippen LogP contribution >= 0.6 is 0 Å². The molecule has 0 unspecified atom stereocenters. The van der Waals surface area contributed by atoms with Crippen LogP contribution in [0.5, 0.6) is 0 Å². The molecule has 30 heavy (non-hydrogen) atoms. The summed E-state index contributed by atoms with van der Waals surface area (Å²) in [5.41, 5.74) is 6.59. The van der Waals surface area contributed by atoms with Crippen LogP contribution in [0.4, 0.5) is 5.88 Å². The minimum atomic E-state index is -0.154. The molecule has 5 aromatic rings. The zero-order chi connectivity index (χ0) is 20.5. The third kappa shape index (κ3) is 3.46. The van der Waals surface area contributed by atoms with Crippen LogP contribution < -0.4 is 5.32 Å². The normalized spacial score (nSPS) is 11.1. The van der Waals surface area contributed by atoms with Gasteiger partial charge < -0.3 is 4.52 Å². The van der Waals surface area contributed by atoms with E-state index < -0.39 is 0 Å². The molecule has 0 spiro atoms. The van der Waals surface area contributed by atoms with Crippen LogP contribution in [0.3, 0.4) is 0 Å². The van der Waals surface area contributed by atoms with Gasteiger partial charge >= 0.3 is 0 Å². The first-order valence-corrected chi connectivity index (χ1v) is 9.44. The van der Waals surface area contributed by atoms with E-state index in [1.165, 1.54) is 0 Å². The number of rotatable bonds is 5. The first-order chi connectivity index (χ1) is 14.7. The Kier molecular flexibility index (Phi) is 4.36. The van der Waals surface area contributed by atoms with Gasteiger partial charge in [0.25, 0.3) is 0 Å². The number of anilines is 1. The second-order valence-corrected chi connectivity index (χ2v) is 7.03. The van der Waals surface area contributed by atoms with Gasteiger partial charge in [-0.25, -0.2) is 4.98 Å². The maximum Gasteiger partial charge on any atom is 0.231 e. The summed E-state index contributed by atoms with van der Waals surface area (Å²) in [6.45, 7) is 1.80. The highest BCUT2D eigenvalue weighted by Crippen LogP contribution is 2.25. The molecule has 0 bridgehead atoms. The second-order valence-electron chi connectivity index (χ2n) is 7.03. The summed E-state index contributed by atoms with van der Waals surface area (Å²) < 4.78 is 7.04. The van der Waals surface area contributed by atoms with Gasteiger partial charge in [-0.2, -0.15) is 5.10 Å². The zero-order valence-corrected chi connectivity index (χ0v) is 16.2. The van der Waals surface area contributed by atoms with E-state index in [4.69, 9.17) is 4.52 Å². The van der Waals surface area contributed by atoms with Crippen LogP contribution in [0, 0.1) is 6.92 Å². The van der Waals surface area contributed by atoms with Gasteiger partial charge in [0.1, 0.15) is 6.33 Å². The fraction of sp³-hybridized carbons (Fsp3) is 0.0909. The molecule has 3 aromatic heterocycles. The summed E-state index contributed by atoms with van der Waals surface area (Å²) >= 11 is 0. The van der Waals surface area contributed by atoms with E-state index in [1.54, 1.807) is 25.5 Å². The Labute approximate surface area is 171 Å². The smallest absolute Gasteiger partial charge is 0.231 e. The minimum absolute atomic E-state index is 0.154. The van der Waals surface area contributed by atoms with Crippen molar-refractivity contribution in [1.82, 2.24) is 24.9 Å². The third-order valence-corrected chi connectivity index (χ3v) is 4.85. The summed E-state index contributed by atoms with van der Waals surface area (Å²) in [7, 11) is 0.